The summed E-state index contributed by atoms with van der Waals surface area (Å²) in [6.07, 6.45) is -0.809. The molecule has 0 aromatic heterocycles. The number of ether oxygens (including phenoxy) is 1. The fourth-order valence-electron chi connectivity index (χ4n) is 1.60. The number of halogens is 2. The molecule has 1 aromatic rings. The van der Waals surface area contributed by atoms with Crippen LogP contribution in [0.1, 0.15) is 13.8 Å². The molecular formula is C13H18Cl2N2O4S. The summed E-state index contributed by atoms with van der Waals surface area (Å²) in [4.78, 5) is 11.8. The Labute approximate surface area is 140 Å². The van der Waals surface area contributed by atoms with Crippen LogP contribution in [0.25, 0.3) is 0 Å². The zero-order chi connectivity index (χ0) is 16.8. The van der Waals surface area contributed by atoms with Crippen molar-refractivity contribution < 1.29 is 17.9 Å². The fourth-order valence-corrected chi connectivity index (χ4v) is 3.06. The van der Waals surface area contributed by atoms with Crippen LogP contribution < -0.4 is 14.8 Å². The first-order chi connectivity index (χ1) is 10.2. The number of amides is 1. The highest BCUT2D eigenvalue weighted by atomic mass is 35.5. The minimum atomic E-state index is -3.36. The molecule has 1 amide bonds. The molecule has 6 nitrogen and oxygen atoms in total. The monoisotopic (exact) mass is 368 g/mol. The van der Waals surface area contributed by atoms with E-state index in [0.717, 1.165) is 0 Å². The van der Waals surface area contributed by atoms with Crippen molar-refractivity contribution in [1.29, 1.82) is 0 Å². The summed E-state index contributed by atoms with van der Waals surface area (Å²) in [6, 6.07) is 4.62. The topological polar surface area (TPSA) is 84.5 Å². The molecule has 0 aliphatic heterocycles. The molecule has 1 aromatic carbocycles. The average Bonchev–Trinajstić information content (AvgIpc) is 2.36. The second-order valence-electron chi connectivity index (χ2n) is 4.47. The molecule has 0 radical (unpaired) electrons. The Bertz CT molecular complexity index is 602. The van der Waals surface area contributed by atoms with Gasteiger partial charge < -0.3 is 10.1 Å². The van der Waals surface area contributed by atoms with E-state index in [4.69, 9.17) is 27.9 Å². The van der Waals surface area contributed by atoms with Crippen LogP contribution in [0.3, 0.4) is 0 Å². The van der Waals surface area contributed by atoms with Crippen molar-refractivity contribution in [2.75, 3.05) is 18.8 Å². The van der Waals surface area contributed by atoms with E-state index >= 15 is 0 Å². The third kappa shape index (κ3) is 6.83. The molecule has 0 aliphatic rings. The summed E-state index contributed by atoms with van der Waals surface area (Å²) in [5.41, 5.74) is 0. The maximum absolute atomic E-state index is 11.8. The molecule has 1 rings (SSSR count). The first-order valence-corrected chi connectivity index (χ1v) is 9.02. The number of hydrogen-bond donors (Lipinski definition) is 2. The Morgan fingerprint density at radius 2 is 1.86 bits per heavy atom. The highest BCUT2D eigenvalue weighted by Gasteiger charge is 2.16. The lowest BCUT2D eigenvalue weighted by Crippen LogP contribution is -2.40. The van der Waals surface area contributed by atoms with Gasteiger partial charge in [0.15, 0.2) is 6.10 Å². The van der Waals surface area contributed by atoms with Crippen molar-refractivity contribution in [3.63, 3.8) is 0 Å². The molecule has 2 N–H and O–H groups in total. The minimum absolute atomic E-state index is 0.00182. The Morgan fingerprint density at radius 1 is 1.27 bits per heavy atom. The van der Waals surface area contributed by atoms with E-state index in [2.05, 4.69) is 10.0 Å². The molecule has 22 heavy (non-hydrogen) atoms. The predicted octanol–water partition coefficient (Wildman–Crippen LogP) is 1.82. The number of carbonyl (C=O) groups excluding carboxylic acids is 1. The molecule has 1 unspecified atom stereocenters. The zero-order valence-electron chi connectivity index (χ0n) is 12.2. The predicted molar refractivity (Wildman–Crippen MR) is 87.0 cm³/mol. The van der Waals surface area contributed by atoms with Crippen LogP contribution in [0.2, 0.25) is 10.0 Å². The van der Waals surface area contributed by atoms with Crippen LogP contribution in [0.15, 0.2) is 18.2 Å². The number of carbonyl (C=O) groups is 1. The second kappa shape index (κ2) is 8.57. The van der Waals surface area contributed by atoms with Crippen LogP contribution in [-0.2, 0) is 14.8 Å². The van der Waals surface area contributed by atoms with Gasteiger partial charge in [0.05, 0.1) is 5.75 Å². The fraction of sp³-hybridized carbons (Fsp3) is 0.462. The van der Waals surface area contributed by atoms with Crippen LogP contribution >= 0.6 is 23.2 Å². The zero-order valence-corrected chi connectivity index (χ0v) is 14.6. The van der Waals surface area contributed by atoms with Crippen molar-refractivity contribution in [2.24, 2.45) is 0 Å². The van der Waals surface area contributed by atoms with Crippen LogP contribution in [0.5, 0.6) is 5.75 Å². The Morgan fingerprint density at radius 3 is 2.41 bits per heavy atom. The van der Waals surface area contributed by atoms with Gasteiger partial charge in [-0.2, -0.15) is 0 Å². The van der Waals surface area contributed by atoms with E-state index in [1.54, 1.807) is 19.9 Å². The van der Waals surface area contributed by atoms with Crippen molar-refractivity contribution in [3.05, 3.63) is 28.2 Å². The third-order valence-corrected chi connectivity index (χ3v) is 4.46. The summed E-state index contributed by atoms with van der Waals surface area (Å²) in [5.74, 6) is -0.259. The lowest BCUT2D eigenvalue weighted by molar-refractivity contribution is -0.127. The van der Waals surface area contributed by atoms with Gasteiger partial charge in [-0.25, -0.2) is 13.1 Å². The van der Waals surface area contributed by atoms with E-state index in [1.165, 1.54) is 12.1 Å². The molecule has 0 saturated carbocycles. The first kappa shape index (κ1) is 19.0. The van der Waals surface area contributed by atoms with Gasteiger partial charge in [0.25, 0.3) is 5.91 Å². The summed E-state index contributed by atoms with van der Waals surface area (Å²) in [7, 11) is -3.36. The number of hydrogen-bond acceptors (Lipinski definition) is 4. The highest BCUT2D eigenvalue weighted by Crippen LogP contribution is 2.24. The SMILES string of the molecule is CCNS(=O)(=O)CCNC(=O)C(C)Oc1cc(Cl)cc(Cl)c1. The molecular weight excluding hydrogens is 351 g/mol. The molecule has 124 valence electrons. The Balaban J connectivity index is 2.48. The van der Waals surface area contributed by atoms with Gasteiger partial charge in [-0.15, -0.1) is 0 Å². The maximum Gasteiger partial charge on any atom is 0.260 e. The standard InChI is InChI=1S/C13H18Cl2N2O4S/c1-3-17-22(19,20)5-4-16-13(18)9(2)21-12-7-10(14)6-11(15)8-12/h6-9,17H,3-5H2,1-2H3,(H,16,18). The Kier molecular flexibility index (Phi) is 7.41. The summed E-state index contributed by atoms with van der Waals surface area (Å²) in [6.45, 7) is 3.54. The van der Waals surface area contributed by atoms with E-state index < -0.39 is 22.0 Å². The largest absolute Gasteiger partial charge is 0.481 e. The molecule has 9 heteroatoms. The van der Waals surface area contributed by atoms with Crippen molar-refractivity contribution in [1.82, 2.24) is 10.0 Å². The number of rotatable bonds is 8. The number of nitrogens with one attached hydrogen (secondary N) is 2. The van der Waals surface area contributed by atoms with Gasteiger partial charge in [-0.05, 0) is 25.1 Å². The van der Waals surface area contributed by atoms with Crippen LogP contribution in [0, 0.1) is 0 Å². The van der Waals surface area contributed by atoms with Crippen molar-refractivity contribution in [2.45, 2.75) is 20.0 Å². The quantitative estimate of drug-likeness (QED) is 0.732. The molecule has 1 atom stereocenters. The van der Waals surface area contributed by atoms with Gasteiger partial charge in [-0.1, -0.05) is 30.1 Å². The summed E-state index contributed by atoms with van der Waals surface area (Å²) >= 11 is 11.7. The smallest absolute Gasteiger partial charge is 0.260 e. The second-order valence-corrected chi connectivity index (χ2v) is 7.27. The van der Waals surface area contributed by atoms with Gasteiger partial charge in [0.2, 0.25) is 10.0 Å². The minimum Gasteiger partial charge on any atom is -0.481 e. The molecule has 0 fully saturated rings. The van der Waals surface area contributed by atoms with Crippen LogP contribution in [-0.4, -0.2) is 39.3 Å². The first-order valence-electron chi connectivity index (χ1n) is 6.61. The van der Waals surface area contributed by atoms with Gasteiger partial charge in [0.1, 0.15) is 5.75 Å². The summed E-state index contributed by atoms with van der Waals surface area (Å²) < 4.78 is 30.6. The average molecular weight is 369 g/mol. The highest BCUT2D eigenvalue weighted by molar-refractivity contribution is 7.89. The van der Waals surface area contributed by atoms with Gasteiger partial charge in [0, 0.05) is 23.1 Å². The number of benzene rings is 1. The van der Waals surface area contributed by atoms with E-state index in [9.17, 15) is 13.2 Å². The lowest BCUT2D eigenvalue weighted by atomic mass is 10.3. The van der Waals surface area contributed by atoms with Gasteiger partial charge in [-0.3, -0.25) is 4.79 Å². The molecule has 0 heterocycles. The normalized spacial score (nSPS) is 12.7. The van der Waals surface area contributed by atoms with Crippen molar-refractivity contribution >= 4 is 39.1 Å². The Hall–Kier alpha value is -1.02. The third-order valence-electron chi connectivity index (χ3n) is 2.55. The molecule has 0 aliphatic carbocycles. The van der Waals surface area contributed by atoms with E-state index in [0.29, 0.717) is 22.3 Å². The number of sulfonamides is 1. The van der Waals surface area contributed by atoms with Gasteiger partial charge >= 0.3 is 0 Å². The molecule has 0 bridgehead atoms. The lowest BCUT2D eigenvalue weighted by Gasteiger charge is -2.15. The molecule has 0 saturated heterocycles. The van der Waals surface area contributed by atoms with Crippen LogP contribution in [0.4, 0.5) is 0 Å². The summed E-state index contributed by atoms with van der Waals surface area (Å²) in [5, 5.41) is 3.29. The van der Waals surface area contributed by atoms with E-state index in [-0.39, 0.29) is 12.3 Å². The maximum atomic E-state index is 11.8. The van der Waals surface area contributed by atoms with E-state index in [1.807, 2.05) is 0 Å². The molecule has 0 spiro atoms. The van der Waals surface area contributed by atoms with Crippen molar-refractivity contribution in [3.8, 4) is 5.75 Å².